The molecule has 176 valence electrons. The first-order chi connectivity index (χ1) is 16.7. The monoisotopic (exact) mass is 537 g/mol. The van der Waals surface area contributed by atoms with Crippen LogP contribution >= 0.6 is 15.9 Å². The maximum atomic E-state index is 12.9. The van der Waals surface area contributed by atoms with Crippen LogP contribution in [0.3, 0.4) is 0 Å². The average molecular weight is 538 g/mol. The van der Waals surface area contributed by atoms with Gasteiger partial charge < -0.3 is 4.74 Å². The van der Waals surface area contributed by atoms with Gasteiger partial charge in [-0.15, -0.1) is 0 Å². The molecule has 0 bridgehead atoms. The highest BCUT2D eigenvalue weighted by Gasteiger charge is 2.17. The predicted molar refractivity (Wildman–Crippen MR) is 132 cm³/mol. The lowest BCUT2D eigenvalue weighted by atomic mass is 10.2. The van der Waals surface area contributed by atoms with Crippen LogP contribution < -0.4 is 10.3 Å². The summed E-state index contributed by atoms with van der Waals surface area (Å²) in [7, 11) is 0. The molecule has 12 heteroatoms. The van der Waals surface area contributed by atoms with Crippen LogP contribution in [0.15, 0.2) is 75.0 Å². The SMILES string of the molecule is Cc1nc2ccc(Br)cc2c(=O)n1N=Cc1ccc(OCc2cccc([N+](=O)[O-])c2)c([N+](=O)[O-])c1. The molecule has 1 heterocycles. The van der Waals surface area contributed by atoms with Crippen molar-refractivity contribution in [3.05, 3.63) is 113 Å². The third-order valence-corrected chi connectivity index (χ3v) is 5.48. The van der Waals surface area contributed by atoms with Crippen molar-refractivity contribution in [3.63, 3.8) is 0 Å². The Morgan fingerprint density at radius 3 is 2.63 bits per heavy atom. The van der Waals surface area contributed by atoms with Gasteiger partial charge in [-0.2, -0.15) is 9.78 Å². The molecule has 3 aromatic carbocycles. The number of hydrogen-bond donors (Lipinski definition) is 0. The molecule has 0 spiro atoms. The van der Waals surface area contributed by atoms with Crippen LogP contribution in [0.1, 0.15) is 17.0 Å². The van der Waals surface area contributed by atoms with E-state index in [2.05, 4.69) is 26.0 Å². The standard InChI is InChI=1S/C23H16BrN5O6/c1-14-26-20-7-6-17(24)11-19(20)23(30)27(14)25-12-15-5-8-22(21(10-15)29(33)34)35-13-16-3-2-4-18(9-16)28(31)32/h2-12H,13H2,1H3. The number of nitro benzene ring substituents is 2. The fourth-order valence-corrected chi connectivity index (χ4v) is 3.68. The first-order valence-electron chi connectivity index (χ1n) is 10.1. The summed E-state index contributed by atoms with van der Waals surface area (Å²) >= 11 is 3.33. The third kappa shape index (κ3) is 5.22. The number of ether oxygens (including phenoxy) is 1. The van der Waals surface area contributed by atoms with Gasteiger partial charge in [0.05, 0.1) is 27.0 Å². The largest absolute Gasteiger partial charge is 0.482 e. The molecule has 35 heavy (non-hydrogen) atoms. The molecule has 0 aliphatic carbocycles. The molecular formula is C23H16BrN5O6. The minimum atomic E-state index is -0.605. The van der Waals surface area contributed by atoms with Gasteiger partial charge in [-0.25, -0.2) is 4.98 Å². The molecule has 0 radical (unpaired) electrons. The minimum Gasteiger partial charge on any atom is -0.482 e. The molecule has 11 nitrogen and oxygen atoms in total. The van der Waals surface area contributed by atoms with E-state index in [1.54, 1.807) is 37.3 Å². The lowest BCUT2D eigenvalue weighted by Gasteiger charge is -2.08. The smallest absolute Gasteiger partial charge is 0.311 e. The molecular weight excluding hydrogens is 522 g/mol. The fourth-order valence-electron chi connectivity index (χ4n) is 3.32. The van der Waals surface area contributed by atoms with E-state index in [0.29, 0.717) is 27.9 Å². The molecule has 0 aliphatic rings. The van der Waals surface area contributed by atoms with Crippen molar-refractivity contribution in [1.82, 2.24) is 9.66 Å². The number of rotatable bonds is 7. The Morgan fingerprint density at radius 2 is 1.89 bits per heavy atom. The second-order valence-corrected chi connectivity index (χ2v) is 8.30. The Balaban J connectivity index is 1.61. The number of aromatic nitrogens is 2. The Morgan fingerprint density at radius 1 is 1.09 bits per heavy atom. The van der Waals surface area contributed by atoms with Gasteiger partial charge in [0, 0.05) is 28.2 Å². The molecule has 1 aromatic heterocycles. The van der Waals surface area contributed by atoms with Gasteiger partial charge in [-0.05, 0) is 42.8 Å². The van der Waals surface area contributed by atoms with Crippen molar-refractivity contribution >= 4 is 44.4 Å². The predicted octanol–water partition coefficient (Wildman–Crippen LogP) is 4.75. The van der Waals surface area contributed by atoms with E-state index >= 15 is 0 Å². The molecule has 4 rings (SSSR count). The zero-order chi connectivity index (χ0) is 25.1. The van der Waals surface area contributed by atoms with Gasteiger partial charge in [-0.3, -0.25) is 25.0 Å². The van der Waals surface area contributed by atoms with E-state index in [4.69, 9.17) is 4.74 Å². The Hall–Kier alpha value is -4.45. The average Bonchev–Trinajstić information content (AvgIpc) is 2.83. The number of halogens is 1. The van der Waals surface area contributed by atoms with Gasteiger partial charge >= 0.3 is 5.69 Å². The Bertz CT molecular complexity index is 1570. The molecule has 4 aromatic rings. The minimum absolute atomic E-state index is 0.00998. The van der Waals surface area contributed by atoms with Crippen LogP contribution in [0.4, 0.5) is 11.4 Å². The molecule has 0 saturated heterocycles. The van der Waals surface area contributed by atoms with Crippen molar-refractivity contribution in [3.8, 4) is 5.75 Å². The van der Waals surface area contributed by atoms with Crippen molar-refractivity contribution in [2.24, 2.45) is 5.10 Å². The summed E-state index contributed by atoms with van der Waals surface area (Å²) in [4.78, 5) is 38.6. The fraction of sp³-hybridized carbons (Fsp3) is 0.0870. The summed E-state index contributed by atoms with van der Waals surface area (Å²) in [6, 6.07) is 15.2. The summed E-state index contributed by atoms with van der Waals surface area (Å²) in [6.07, 6.45) is 1.32. The van der Waals surface area contributed by atoms with E-state index in [9.17, 15) is 25.0 Å². The maximum absolute atomic E-state index is 12.9. The molecule has 0 N–H and O–H groups in total. The molecule has 0 fully saturated rings. The zero-order valence-corrected chi connectivity index (χ0v) is 19.7. The van der Waals surface area contributed by atoms with Gasteiger partial charge in [0.2, 0.25) is 0 Å². The summed E-state index contributed by atoms with van der Waals surface area (Å²) in [5, 5.41) is 27.1. The van der Waals surface area contributed by atoms with Crippen LogP contribution in [0.2, 0.25) is 0 Å². The van der Waals surface area contributed by atoms with Crippen LogP contribution in [0, 0.1) is 27.2 Å². The van der Waals surface area contributed by atoms with Gasteiger partial charge in [0.1, 0.15) is 12.4 Å². The van der Waals surface area contributed by atoms with Crippen molar-refractivity contribution in [1.29, 1.82) is 0 Å². The third-order valence-electron chi connectivity index (χ3n) is 4.99. The quantitative estimate of drug-likeness (QED) is 0.188. The van der Waals surface area contributed by atoms with E-state index in [1.165, 1.54) is 36.5 Å². The summed E-state index contributed by atoms with van der Waals surface area (Å²) in [6.45, 7) is 1.54. The van der Waals surface area contributed by atoms with E-state index < -0.39 is 9.85 Å². The number of nitro groups is 2. The molecule has 0 atom stereocenters. The number of fused-ring (bicyclic) bond motifs is 1. The molecule has 0 unspecified atom stereocenters. The lowest BCUT2D eigenvalue weighted by molar-refractivity contribution is -0.386. The maximum Gasteiger partial charge on any atom is 0.311 e. The van der Waals surface area contributed by atoms with Gasteiger partial charge in [0.25, 0.3) is 11.2 Å². The Labute approximate surface area is 205 Å². The van der Waals surface area contributed by atoms with Crippen LogP contribution in [0.5, 0.6) is 5.75 Å². The van der Waals surface area contributed by atoms with Crippen molar-refractivity contribution < 1.29 is 14.6 Å². The topological polar surface area (TPSA) is 143 Å². The first-order valence-corrected chi connectivity index (χ1v) is 10.9. The van der Waals surface area contributed by atoms with Crippen molar-refractivity contribution in [2.75, 3.05) is 0 Å². The van der Waals surface area contributed by atoms with Crippen LogP contribution in [-0.2, 0) is 6.61 Å². The van der Waals surface area contributed by atoms with E-state index in [0.717, 1.165) is 9.15 Å². The van der Waals surface area contributed by atoms with E-state index in [-0.39, 0.29) is 29.3 Å². The highest BCUT2D eigenvalue weighted by Crippen LogP contribution is 2.28. The first kappa shape index (κ1) is 23.7. The summed E-state index contributed by atoms with van der Waals surface area (Å²) in [5.74, 6) is 0.344. The highest BCUT2D eigenvalue weighted by molar-refractivity contribution is 9.10. The number of nitrogens with zero attached hydrogens (tertiary/aromatic N) is 5. The number of non-ortho nitro benzene ring substituents is 1. The van der Waals surface area contributed by atoms with Gasteiger partial charge in [0.15, 0.2) is 5.75 Å². The summed E-state index contributed by atoms with van der Waals surface area (Å²) in [5.41, 5.74) is 0.584. The second kappa shape index (κ2) is 9.81. The van der Waals surface area contributed by atoms with Crippen LogP contribution in [-0.4, -0.2) is 25.7 Å². The lowest BCUT2D eigenvalue weighted by Crippen LogP contribution is -2.20. The normalized spacial score (nSPS) is 11.1. The zero-order valence-electron chi connectivity index (χ0n) is 18.1. The van der Waals surface area contributed by atoms with Gasteiger partial charge in [-0.1, -0.05) is 28.1 Å². The second-order valence-electron chi connectivity index (χ2n) is 7.38. The highest BCUT2D eigenvalue weighted by atomic mass is 79.9. The summed E-state index contributed by atoms with van der Waals surface area (Å²) < 4.78 is 7.40. The van der Waals surface area contributed by atoms with Crippen molar-refractivity contribution in [2.45, 2.75) is 13.5 Å². The number of hydrogen-bond acceptors (Lipinski definition) is 8. The number of aryl methyl sites for hydroxylation is 1. The van der Waals surface area contributed by atoms with E-state index in [1.807, 2.05) is 0 Å². The molecule has 0 saturated carbocycles. The number of benzene rings is 3. The Kier molecular flexibility index (Phi) is 6.64. The molecule has 0 aliphatic heterocycles. The van der Waals surface area contributed by atoms with Crippen LogP contribution in [0.25, 0.3) is 10.9 Å². The molecule has 0 amide bonds.